The van der Waals surface area contributed by atoms with Crippen LogP contribution in [0.5, 0.6) is 0 Å². The highest BCUT2D eigenvalue weighted by atomic mass is 16.4. The van der Waals surface area contributed by atoms with Gasteiger partial charge in [-0.3, -0.25) is 4.79 Å². The van der Waals surface area contributed by atoms with Gasteiger partial charge in [0.2, 0.25) is 5.95 Å². The van der Waals surface area contributed by atoms with E-state index in [0.29, 0.717) is 25.3 Å². The van der Waals surface area contributed by atoms with Crippen LogP contribution in [-0.2, 0) is 4.79 Å². The third-order valence-corrected chi connectivity index (χ3v) is 4.07. The number of aryl methyl sites for hydroxylation is 2. The van der Waals surface area contributed by atoms with E-state index in [9.17, 15) is 9.90 Å². The fraction of sp³-hybridized carbons (Fsp3) is 0.692. The molecule has 1 unspecified atom stereocenters. The Bertz CT molecular complexity index is 492. The second-order valence-corrected chi connectivity index (χ2v) is 5.25. The van der Waals surface area contributed by atoms with Crippen molar-refractivity contribution in [3.8, 4) is 0 Å². The number of hydrogen-bond acceptors (Lipinski definition) is 5. The Balaban J connectivity index is 2.25. The number of carboxylic acids is 1. The van der Waals surface area contributed by atoms with E-state index in [1.165, 1.54) is 0 Å². The molecule has 6 heteroatoms. The van der Waals surface area contributed by atoms with Gasteiger partial charge in [0.1, 0.15) is 0 Å². The van der Waals surface area contributed by atoms with Gasteiger partial charge < -0.3 is 10.0 Å². The quantitative estimate of drug-likeness (QED) is 0.892. The summed E-state index contributed by atoms with van der Waals surface area (Å²) in [6.07, 6.45) is 2.18. The van der Waals surface area contributed by atoms with Gasteiger partial charge >= 0.3 is 5.97 Å². The van der Waals surface area contributed by atoms with Crippen molar-refractivity contribution in [2.75, 3.05) is 18.0 Å². The van der Waals surface area contributed by atoms with Crippen molar-refractivity contribution in [2.45, 2.75) is 40.0 Å². The molecule has 0 bridgehead atoms. The number of piperidine rings is 1. The molecule has 0 aliphatic carbocycles. The molecule has 104 valence electrons. The Morgan fingerprint density at radius 1 is 1.37 bits per heavy atom. The highest BCUT2D eigenvalue weighted by Gasteiger charge is 2.41. The Labute approximate surface area is 112 Å². The van der Waals surface area contributed by atoms with Crippen LogP contribution in [0.25, 0.3) is 0 Å². The van der Waals surface area contributed by atoms with Gasteiger partial charge in [0.25, 0.3) is 0 Å². The van der Waals surface area contributed by atoms with Crippen LogP contribution in [0.1, 0.15) is 37.6 Å². The summed E-state index contributed by atoms with van der Waals surface area (Å²) in [5.74, 6) is -0.182. The Morgan fingerprint density at radius 2 is 2.11 bits per heavy atom. The molecule has 0 saturated carbocycles. The lowest BCUT2D eigenvalue weighted by atomic mass is 9.78. The molecule has 2 rings (SSSR count). The average molecular weight is 264 g/mol. The topological polar surface area (TPSA) is 79.2 Å². The van der Waals surface area contributed by atoms with Gasteiger partial charge in [-0.2, -0.15) is 5.10 Å². The van der Waals surface area contributed by atoms with Crippen molar-refractivity contribution in [3.05, 3.63) is 11.4 Å². The Kier molecular flexibility index (Phi) is 3.68. The van der Waals surface area contributed by atoms with Crippen LogP contribution in [0.3, 0.4) is 0 Å². The van der Waals surface area contributed by atoms with Gasteiger partial charge in [-0.05, 0) is 33.1 Å². The number of aliphatic carboxylic acids is 1. The van der Waals surface area contributed by atoms with Gasteiger partial charge in [-0.1, -0.05) is 6.92 Å². The zero-order chi connectivity index (χ0) is 14.0. The Hall–Kier alpha value is -1.72. The van der Waals surface area contributed by atoms with E-state index < -0.39 is 11.4 Å². The fourth-order valence-corrected chi connectivity index (χ4v) is 2.50. The molecule has 0 spiro atoms. The van der Waals surface area contributed by atoms with Crippen LogP contribution < -0.4 is 4.90 Å². The summed E-state index contributed by atoms with van der Waals surface area (Å²) in [5.41, 5.74) is 0.967. The monoisotopic (exact) mass is 264 g/mol. The predicted molar refractivity (Wildman–Crippen MR) is 71.1 cm³/mol. The lowest BCUT2D eigenvalue weighted by Crippen LogP contribution is -2.48. The lowest BCUT2D eigenvalue weighted by Gasteiger charge is -2.39. The third-order valence-electron chi connectivity index (χ3n) is 4.07. The summed E-state index contributed by atoms with van der Waals surface area (Å²) in [4.78, 5) is 17.9. The molecule has 1 saturated heterocycles. The second-order valence-electron chi connectivity index (χ2n) is 5.25. The Morgan fingerprint density at radius 3 is 2.68 bits per heavy atom. The first-order valence-electron chi connectivity index (χ1n) is 6.65. The smallest absolute Gasteiger partial charge is 0.311 e. The van der Waals surface area contributed by atoms with Gasteiger partial charge in [0.15, 0.2) is 0 Å². The number of anilines is 1. The molecule has 1 aromatic heterocycles. The van der Waals surface area contributed by atoms with Crippen LogP contribution in [0.4, 0.5) is 5.95 Å². The summed E-state index contributed by atoms with van der Waals surface area (Å²) in [5, 5.41) is 17.6. The second kappa shape index (κ2) is 5.11. The standard InChI is InChI=1S/C13H20N4O2/c1-4-13(11(18)19)6-5-7-17(8-13)12-14-9(2)10(3)15-16-12/h4-8H2,1-3H3,(H,18,19). The van der Waals surface area contributed by atoms with Crippen molar-refractivity contribution in [3.63, 3.8) is 0 Å². The van der Waals surface area contributed by atoms with Gasteiger partial charge in [0, 0.05) is 13.1 Å². The summed E-state index contributed by atoms with van der Waals surface area (Å²) in [6.45, 7) is 6.93. The maximum atomic E-state index is 11.5. The summed E-state index contributed by atoms with van der Waals surface area (Å²) in [6, 6.07) is 0. The maximum absolute atomic E-state index is 11.5. The molecule has 2 heterocycles. The number of hydrogen-bond donors (Lipinski definition) is 1. The van der Waals surface area contributed by atoms with Crippen molar-refractivity contribution >= 4 is 11.9 Å². The van der Waals surface area contributed by atoms with Crippen LogP contribution in [0.2, 0.25) is 0 Å². The minimum Gasteiger partial charge on any atom is -0.481 e. The summed E-state index contributed by atoms with van der Waals surface area (Å²) in [7, 11) is 0. The van der Waals surface area contributed by atoms with Crippen molar-refractivity contribution in [2.24, 2.45) is 5.41 Å². The molecule has 0 radical (unpaired) electrons. The first-order chi connectivity index (χ1) is 8.98. The van der Waals surface area contributed by atoms with E-state index in [0.717, 1.165) is 24.4 Å². The van der Waals surface area contributed by atoms with Gasteiger partial charge in [-0.25, -0.2) is 4.98 Å². The first kappa shape index (κ1) is 13.7. The minimum absolute atomic E-state index is 0.461. The number of carbonyl (C=O) groups is 1. The molecule has 6 nitrogen and oxygen atoms in total. The number of nitrogens with zero attached hydrogens (tertiary/aromatic N) is 4. The normalized spacial score (nSPS) is 23.4. The zero-order valence-electron chi connectivity index (χ0n) is 11.7. The molecular weight excluding hydrogens is 244 g/mol. The third kappa shape index (κ3) is 2.52. The fourth-order valence-electron chi connectivity index (χ4n) is 2.50. The van der Waals surface area contributed by atoms with Crippen molar-refractivity contribution in [1.82, 2.24) is 15.2 Å². The molecule has 1 N–H and O–H groups in total. The summed E-state index contributed by atoms with van der Waals surface area (Å²) < 4.78 is 0. The molecular formula is C13H20N4O2. The van der Waals surface area contributed by atoms with Crippen molar-refractivity contribution in [1.29, 1.82) is 0 Å². The van der Waals surface area contributed by atoms with E-state index in [4.69, 9.17) is 0 Å². The maximum Gasteiger partial charge on any atom is 0.311 e. The zero-order valence-corrected chi connectivity index (χ0v) is 11.7. The molecule has 19 heavy (non-hydrogen) atoms. The molecule has 1 fully saturated rings. The molecule has 1 aliphatic heterocycles. The van der Waals surface area contributed by atoms with E-state index >= 15 is 0 Å². The molecule has 1 aromatic rings. The van der Waals surface area contributed by atoms with E-state index in [2.05, 4.69) is 15.2 Å². The first-order valence-corrected chi connectivity index (χ1v) is 6.65. The van der Waals surface area contributed by atoms with E-state index in [1.807, 2.05) is 25.7 Å². The minimum atomic E-state index is -0.725. The largest absolute Gasteiger partial charge is 0.481 e. The highest BCUT2D eigenvalue weighted by Crippen LogP contribution is 2.34. The predicted octanol–water partition coefficient (Wildman–Crippen LogP) is 1.57. The number of rotatable bonds is 3. The number of aromatic nitrogens is 3. The lowest BCUT2D eigenvalue weighted by molar-refractivity contribution is -0.149. The van der Waals surface area contributed by atoms with Crippen LogP contribution in [0, 0.1) is 19.3 Å². The van der Waals surface area contributed by atoms with Gasteiger partial charge in [0.05, 0.1) is 16.8 Å². The van der Waals surface area contributed by atoms with Crippen LogP contribution in [0.15, 0.2) is 0 Å². The van der Waals surface area contributed by atoms with Crippen molar-refractivity contribution < 1.29 is 9.90 Å². The van der Waals surface area contributed by atoms with Crippen LogP contribution >= 0.6 is 0 Å². The highest BCUT2D eigenvalue weighted by molar-refractivity contribution is 5.75. The van der Waals surface area contributed by atoms with E-state index in [-0.39, 0.29) is 0 Å². The average Bonchev–Trinajstić information content (AvgIpc) is 2.41. The summed E-state index contributed by atoms with van der Waals surface area (Å²) >= 11 is 0. The molecule has 1 atom stereocenters. The van der Waals surface area contributed by atoms with E-state index in [1.54, 1.807) is 0 Å². The molecule has 0 amide bonds. The van der Waals surface area contributed by atoms with Gasteiger partial charge in [-0.15, -0.1) is 5.10 Å². The SMILES string of the molecule is CCC1(C(=O)O)CCCN(c2nnc(C)c(C)n2)C1. The van der Waals surface area contributed by atoms with Crippen LogP contribution in [-0.4, -0.2) is 39.3 Å². The number of carboxylic acid groups (broad SMARTS) is 1. The molecule has 0 aromatic carbocycles. The molecule has 1 aliphatic rings.